The predicted molar refractivity (Wildman–Crippen MR) is 95.9 cm³/mol. The lowest BCUT2D eigenvalue weighted by Gasteiger charge is -2.15. The quantitative estimate of drug-likeness (QED) is 0.794. The molecule has 0 bridgehead atoms. The van der Waals surface area contributed by atoms with Gasteiger partial charge in [0.2, 0.25) is 18.6 Å². The lowest BCUT2D eigenvalue weighted by Crippen LogP contribution is -2.39. The van der Waals surface area contributed by atoms with Crippen molar-refractivity contribution in [3.8, 4) is 17.6 Å². The first-order chi connectivity index (χ1) is 13.1. The molecule has 2 aliphatic rings. The number of nitrogens with zero attached hydrogens (tertiary/aromatic N) is 1. The molecule has 2 aromatic rings. The van der Waals surface area contributed by atoms with Crippen LogP contribution in [-0.4, -0.2) is 18.6 Å². The topological polar surface area (TPSA) is 100 Å². The molecule has 7 heteroatoms. The van der Waals surface area contributed by atoms with Gasteiger partial charge in [0, 0.05) is 12.2 Å². The van der Waals surface area contributed by atoms with Crippen LogP contribution in [0.25, 0.3) is 0 Å². The van der Waals surface area contributed by atoms with Crippen LogP contribution in [0, 0.1) is 16.7 Å². The fourth-order valence-electron chi connectivity index (χ4n) is 2.96. The van der Waals surface area contributed by atoms with Crippen LogP contribution in [0.5, 0.6) is 11.5 Å². The van der Waals surface area contributed by atoms with Gasteiger partial charge >= 0.3 is 0 Å². The van der Waals surface area contributed by atoms with Gasteiger partial charge in [-0.25, -0.2) is 0 Å². The molecule has 4 rings (SSSR count). The highest BCUT2D eigenvalue weighted by Crippen LogP contribution is 2.47. The molecule has 2 aromatic carbocycles. The van der Waals surface area contributed by atoms with Crippen molar-refractivity contribution in [3.63, 3.8) is 0 Å². The predicted octanol–water partition coefficient (Wildman–Crippen LogP) is 2.32. The molecular formula is C20H17N3O4. The van der Waals surface area contributed by atoms with Crippen molar-refractivity contribution in [1.82, 2.24) is 5.32 Å². The Kier molecular flexibility index (Phi) is 4.16. The molecule has 2 N–H and O–H groups in total. The Bertz CT molecular complexity index is 943. The number of hydrogen-bond donors (Lipinski definition) is 2. The molecule has 0 spiro atoms. The van der Waals surface area contributed by atoms with E-state index in [1.54, 1.807) is 30.3 Å². The van der Waals surface area contributed by atoms with E-state index in [1.807, 2.05) is 18.2 Å². The monoisotopic (exact) mass is 363 g/mol. The minimum absolute atomic E-state index is 0.198. The number of amides is 2. The van der Waals surface area contributed by atoms with Crippen LogP contribution in [0.1, 0.15) is 24.0 Å². The van der Waals surface area contributed by atoms with Crippen LogP contribution in [-0.2, 0) is 16.1 Å². The molecule has 0 atom stereocenters. The molecule has 1 aliphatic heterocycles. The first kappa shape index (κ1) is 16.9. The maximum atomic E-state index is 12.6. The number of hydrogen-bond acceptors (Lipinski definition) is 5. The van der Waals surface area contributed by atoms with Crippen molar-refractivity contribution in [2.45, 2.75) is 19.4 Å². The van der Waals surface area contributed by atoms with Crippen molar-refractivity contribution in [2.24, 2.45) is 5.41 Å². The first-order valence-corrected chi connectivity index (χ1v) is 8.59. The number of rotatable bonds is 5. The molecule has 2 amide bonds. The molecule has 0 aromatic heterocycles. The molecule has 1 fully saturated rings. The van der Waals surface area contributed by atoms with Gasteiger partial charge in [-0.3, -0.25) is 9.59 Å². The fourth-order valence-corrected chi connectivity index (χ4v) is 2.96. The Labute approximate surface area is 155 Å². The van der Waals surface area contributed by atoms with E-state index in [1.165, 1.54) is 0 Å². The number of carbonyl (C=O) groups excluding carboxylic acids is 2. The second-order valence-electron chi connectivity index (χ2n) is 6.60. The smallest absolute Gasteiger partial charge is 0.240 e. The average Bonchev–Trinajstić information content (AvgIpc) is 3.38. The van der Waals surface area contributed by atoms with Gasteiger partial charge in [-0.15, -0.1) is 0 Å². The van der Waals surface area contributed by atoms with Crippen LogP contribution >= 0.6 is 0 Å². The van der Waals surface area contributed by atoms with E-state index in [0.717, 1.165) is 5.56 Å². The maximum Gasteiger partial charge on any atom is 0.240 e. The Morgan fingerprint density at radius 3 is 2.48 bits per heavy atom. The van der Waals surface area contributed by atoms with E-state index < -0.39 is 5.41 Å². The summed E-state index contributed by atoms with van der Waals surface area (Å²) in [7, 11) is 0. The summed E-state index contributed by atoms with van der Waals surface area (Å²) in [6, 6.07) is 14.0. The molecular weight excluding hydrogens is 346 g/mol. The van der Waals surface area contributed by atoms with Gasteiger partial charge < -0.3 is 20.1 Å². The molecule has 1 saturated carbocycles. The van der Waals surface area contributed by atoms with Gasteiger partial charge in [-0.1, -0.05) is 6.07 Å². The highest BCUT2D eigenvalue weighted by Gasteiger charge is 2.56. The molecule has 136 valence electrons. The van der Waals surface area contributed by atoms with E-state index in [2.05, 4.69) is 10.6 Å². The third kappa shape index (κ3) is 3.29. The van der Waals surface area contributed by atoms with Crippen LogP contribution in [0.15, 0.2) is 42.5 Å². The van der Waals surface area contributed by atoms with Crippen LogP contribution < -0.4 is 20.1 Å². The largest absolute Gasteiger partial charge is 0.454 e. The van der Waals surface area contributed by atoms with Crippen LogP contribution in [0.3, 0.4) is 0 Å². The number of nitrogens with one attached hydrogen (secondary N) is 2. The van der Waals surface area contributed by atoms with Gasteiger partial charge in [-0.2, -0.15) is 5.26 Å². The number of fused-ring (bicyclic) bond motifs is 1. The van der Waals surface area contributed by atoms with E-state index in [4.69, 9.17) is 14.7 Å². The summed E-state index contributed by atoms with van der Waals surface area (Å²) in [4.78, 5) is 25.2. The molecule has 0 unspecified atom stereocenters. The zero-order valence-corrected chi connectivity index (χ0v) is 14.5. The molecule has 7 nitrogen and oxygen atoms in total. The number of carbonyl (C=O) groups is 2. The third-order valence-electron chi connectivity index (χ3n) is 4.78. The zero-order chi connectivity index (χ0) is 18.9. The summed E-state index contributed by atoms with van der Waals surface area (Å²) < 4.78 is 10.6. The summed E-state index contributed by atoms with van der Waals surface area (Å²) in [5.74, 6) is 0.730. The summed E-state index contributed by atoms with van der Waals surface area (Å²) >= 11 is 0. The van der Waals surface area contributed by atoms with Crippen LogP contribution in [0.2, 0.25) is 0 Å². The Morgan fingerprint density at radius 2 is 1.78 bits per heavy atom. The Morgan fingerprint density at radius 1 is 1.04 bits per heavy atom. The SMILES string of the molecule is N#Cc1ccc(NC(=O)C2(C(=O)NCc3ccc4c(c3)OCO4)CC2)cc1. The van der Waals surface area contributed by atoms with Crippen molar-refractivity contribution in [2.75, 3.05) is 12.1 Å². The van der Waals surface area contributed by atoms with Gasteiger partial charge in [0.1, 0.15) is 5.41 Å². The standard InChI is InChI=1S/C20H17N3O4/c21-10-13-1-4-15(5-2-13)23-19(25)20(7-8-20)18(24)22-11-14-3-6-16-17(9-14)27-12-26-16/h1-6,9H,7-8,11-12H2,(H,22,24)(H,23,25). The van der Waals surface area contributed by atoms with Gasteiger partial charge in [-0.05, 0) is 54.8 Å². The summed E-state index contributed by atoms with van der Waals surface area (Å²) in [6.45, 7) is 0.505. The van der Waals surface area contributed by atoms with Crippen molar-refractivity contribution in [3.05, 3.63) is 53.6 Å². The molecule has 0 radical (unpaired) electrons. The maximum absolute atomic E-state index is 12.6. The van der Waals surface area contributed by atoms with E-state index >= 15 is 0 Å². The van der Waals surface area contributed by atoms with Crippen molar-refractivity contribution >= 4 is 17.5 Å². The minimum atomic E-state index is -1.02. The lowest BCUT2D eigenvalue weighted by molar-refractivity contribution is -0.134. The van der Waals surface area contributed by atoms with Gasteiger partial charge in [0.15, 0.2) is 11.5 Å². The zero-order valence-electron chi connectivity index (χ0n) is 14.5. The second-order valence-corrected chi connectivity index (χ2v) is 6.60. The van der Waals surface area contributed by atoms with E-state index in [9.17, 15) is 9.59 Å². The molecule has 0 saturated heterocycles. The molecule has 1 heterocycles. The number of nitriles is 1. The summed E-state index contributed by atoms with van der Waals surface area (Å²) in [5, 5.41) is 14.4. The highest BCUT2D eigenvalue weighted by molar-refractivity contribution is 6.13. The number of benzene rings is 2. The van der Waals surface area contributed by atoms with Gasteiger partial charge in [0.25, 0.3) is 0 Å². The highest BCUT2D eigenvalue weighted by atomic mass is 16.7. The van der Waals surface area contributed by atoms with Crippen molar-refractivity contribution < 1.29 is 19.1 Å². The second kappa shape index (κ2) is 6.65. The fraction of sp³-hybridized carbons (Fsp3) is 0.250. The van der Waals surface area contributed by atoms with Crippen LogP contribution in [0.4, 0.5) is 5.69 Å². The first-order valence-electron chi connectivity index (χ1n) is 8.59. The van der Waals surface area contributed by atoms with E-state index in [0.29, 0.717) is 42.1 Å². The summed E-state index contributed by atoms with van der Waals surface area (Å²) in [6.07, 6.45) is 1.03. The minimum Gasteiger partial charge on any atom is -0.454 e. The lowest BCUT2D eigenvalue weighted by atomic mass is 10.0. The number of anilines is 1. The Hall–Kier alpha value is -3.53. The summed E-state index contributed by atoms with van der Waals surface area (Å²) in [5.41, 5.74) is 0.921. The Balaban J connectivity index is 1.37. The van der Waals surface area contributed by atoms with Crippen molar-refractivity contribution in [1.29, 1.82) is 5.26 Å². The molecule has 1 aliphatic carbocycles. The number of ether oxygens (including phenoxy) is 2. The normalized spacial score (nSPS) is 15.5. The average molecular weight is 363 g/mol. The molecule has 27 heavy (non-hydrogen) atoms. The van der Waals surface area contributed by atoms with Gasteiger partial charge in [0.05, 0.1) is 11.6 Å². The van der Waals surface area contributed by atoms with E-state index in [-0.39, 0.29) is 18.6 Å². The third-order valence-corrected chi connectivity index (χ3v) is 4.78.